The molecule has 1 amide bonds. The molecule has 0 aromatic carbocycles. The topological polar surface area (TPSA) is 49.3 Å². The first-order valence-corrected chi connectivity index (χ1v) is 8.90. The molecule has 2 atom stereocenters. The Balaban J connectivity index is 1.85. The van der Waals surface area contributed by atoms with Crippen molar-refractivity contribution in [1.29, 1.82) is 0 Å². The summed E-state index contributed by atoms with van der Waals surface area (Å²) in [6, 6.07) is 0.746. The Morgan fingerprint density at radius 3 is 2.61 bits per heavy atom. The van der Waals surface area contributed by atoms with Crippen molar-refractivity contribution < 1.29 is 4.79 Å². The van der Waals surface area contributed by atoms with Crippen LogP contribution >= 0.6 is 11.6 Å². The number of nitrogens with zero attached hydrogens (tertiary/aromatic N) is 4. The molecule has 6 heteroatoms. The van der Waals surface area contributed by atoms with Crippen molar-refractivity contribution in [2.45, 2.75) is 57.5 Å². The number of halogens is 1. The zero-order valence-electron chi connectivity index (χ0n) is 14.1. The lowest BCUT2D eigenvalue weighted by atomic mass is 10.0. The predicted octanol–water partition coefficient (Wildman–Crippen LogP) is 2.95. The molecular weight excluding hydrogens is 312 g/mol. The Bertz CT molecular complexity index is 592. The number of aromatic nitrogens is 2. The standard InChI is InChI=1S/C17H25ClN4O/c1-11(2)16-19-10-12(18)15(20-16)17(23)22-9-5-7-14(22)13-6-4-8-21(13)3/h10-11,13-14H,4-9H2,1-3H3/t13-,14+/m1/s1. The molecule has 2 fully saturated rings. The molecule has 3 heterocycles. The largest absolute Gasteiger partial charge is 0.333 e. The molecule has 3 rings (SSSR count). The Kier molecular flexibility index (Phi) is 4.87. The molecule has 0 spiro atoms. The molecule has 2 aliphatic rings. The smallest absolute Gasteiger partial charge is 0.274 e. The van der Waals surface area contributed by atoms with Gasteiger partial charge in [-0.05, 0) is 39.3 Å². The normalized spacial score (nSPS) is 25.5. The van der Waals surface area contributed by atoms with Crippen molar-refractivity contribution in [2.75, 3.05) is 20.1 Å². The maximum Gasteiger partial charge on any atom is 0.274 e. The van der Waals surface area contributed by atoms with Gasteiger partial charge < -0.3 is 9.80 Å². The van der Waals surface area contributed by atoms with Crippen molar-refractivity contribution in [1.82, 2.24) is 19.8 Å². The van der Waals surface area contributed by atoms with Crippen LogP contribution < -0.4 is 0 Å². The number of amides is 1. The Morgan fingerprint density at radius 2 is 1.96 bits per heavy atom. The molecule has 5 nitrogen and oxygen atoms in total. The highest BCUT2D eigenvalue weighted by Crippen LogP contribution is 2.31. The molecule has 0 unspecified atom stereocenters. The van der Waals surface area contributed by atoms with Crippen LogP contribution in [0.3, 0.4) is 0 Å². The van der Waals surface area contributed by atoms with Crippen LogP contribution in [0.4, 0.5) is 0 Å². The van der Waals surface area contributed by atoms with Gasteiger partial charge in [0, 0.05) is 24.5 Å². The number of rotatable bonds is 3. The van der Waals surface area contributed by atoms with E-state index in [4.69, 9.17) is 11.6 Å². The van der Waals surface area contributed by atoms with Gasteiger partial charge in [0.25, 0.3) is 5.91 Å². The van der Waals surface area contributed by atoms with Crippen LogP contribution in [0, 0.1) is 0 Å². The maximum atomic E-state index is 13.0. The summed E-state index contributed by atoms with van der Waals surface area (Å²) >= 11 is 6.23. The number of carbonyl (C=O) groups is 1. The summed E-state index contributed by atoms with van der Waals surface area (Å²) in [5.74, 6) is 0.808. The van der Waals surface area contributed by atoms with Gasteiger partial charge in [-0.1, -0.05) is 25.4 Å². The summed E-state index contributed by atoms with van der Waals surface area (Å²) in [5.41, 5.74) is 0.359. The molecule has 0 N–H and O–H groups in total. The van der Waals surface area contributed by atoms with E-state index in [1.807, 2.05) is 18.7 Å². The fraction of sp³-hybridized carbons (Fsp3) is 0.706. The van der Waals surface area contributed by atoms with Crippen molar-refractivity contribution in [3.8, 4) is 0 Å². The summed E-state index contributed by atoms with van der Waals surface area (Å²) in [6.45, 7) is 5.95. The molecular formula is C17H25ClN4O. The van der Waals surface area contributed by atoms with Crippen LogP contribution in [-0.4, -0.2) is 57.9 Å². The predicted molar refractivity (Wildman–Crippen MR) is 90.8 cm³/mol. The summed E-state index contributed by atoms with van der Waals surface area (Å²) in [5, 5.41) is 0.352. The van der Waals surface area contributed by atoms with E-state index >= 15 is 0 Å². The second-order valence-corrected chi connectivity index (χ2v) is 7.38. The molecule has 2 saturated heterocycles. The Morgan fingerprint density at radius 1 is 1.26 bits per heavy atom. The summed E-state index contributed by atoms with van der Waals surface area (Å²) in [6.07, 6.45) is 6.07. The molecule has 1 aromatic rings. The highest BCUT2D eigenvalue weighted by atomic mass is 35.5. The fourth-order valence-electron chi connectivity index (χ4n) is 3.81. The lowest BCUT2D eigenvalue weighted by molar-refractivity contribution is 0.0658. The van der Waals surface area contributed by atoms with Gasteiger partial charge in [0.05, 0.1) is 11.2 Å². The van der Waals surface area contributed by atoms with Crippen LogP contribution in [0.5, 0.6) is 0 Å². The Labute approximate surface area is 143 Å². The summed E-state index contributed by atoms with van der Waals surface area (Å²) < 4.78 is 0. The van der Waals surface area contributed by atoms with Gasteiger partial charge in [-0.3, -0.25) is 4.79 Å². The molecule has 0 saturated carbocycles. The second kappa shape index (κ2) is 6.73. The molecule has 23 heavy (non-hydrogen) atoms. The SMILES string of the molecule is CC(C)c1ncc(Cl)c(C(=O)N2CCC[C@H]2[C@H]2CCCN2C)n1. The monoisotopic (exact) mass is 336 g/mol. The van der Waals surface area contributed by atoms with Crippen LogP contribution in [0.2, 0.25) is 5.02 Å². The first-order valence-electron chi connectivity index (χ1n) is 8.52. The van der Waals surface area contributed by atoms with E-state index in [1.54, 1.807) is 6.20 Å². The van der Waals surface area contributed by atoms with E-state index in [9.17, 15) is 4.79 Å². The molecule has 0 radical (unpaired) electrons. The fourth-order valence-corrected chi connectivity index (χ4v) is 3.98. The van der Waals surface area contributed by atoms with E-state index in [2.05, 4.69) is 21.9 Å². The third-order valence-corrected chi connectivity index (χ3v) is 5.34. The lowest BCUT2D eigenvalue weighted by Gasteiger charge is -2.33. The first-order chi connectivity index (χ1) is 11.0. The molecule has 0 aliphatic carbocycles. The van der Waals surface area contributed by atoms with Gasteiger partial charge in [0.2, 0.25) is 0 Å². The minimum atomic E-state index is -0.0397. The number of likely N-dealkylation sites (N-methyl/N-ethyl adjacent to an activating group) is 1. The third kappa shape index (κ3) is 3.22. The van der Waals surface area contributed by atoms with Crippen molar-refractivity contribution in [3.63, 3.8) is 0 Å². The van der Waals surface area contributed by atoms with Gasteiger partial charge in [0.15, 0.2) is 5.69 Å². The van der Waals surface area contributed by atoms with Gasteiger partial charge in [-0.2, -0.15) is 0 Å². The second-order valence-electron chi connectivity index (χ2n) is 6.98. The van der Waals surface area contributed by atoms with Gasteiger partial charge in [-0.25, -0.2) is 9.97 Å². The average Bonchev–Trinajstić information content (AvgIpc) is 3.14. The first kappa shape index (κ1) is 16.7. The molecule has 0 bridgehead atoms. The van der Waals surface area contributed by atoms with Crippen molar-refractivity contribution >= 4 is 17.5 Å². The number of hydrogen-bond donors (Lipinski definition) is 0. The minimum absolute atomic E-state index is 0.0397. The Hall–Kier alpha value is -1.20. The maximum absolute atomic E-state index is 13.0. The van der Waals surface area contributed by atoms with E-state index < -0.39 is 0 Å². The third-order valence-electron chi connectivity index (χ3n) is 5.06. The van der Waals surface area contributed by atoms with Crippen LogP contribution in [-0.2, 0) is 0 Å². The lowest BCUT2D eigenvalue weighted by Crippen LogP contribution is -2.47. The van der Waals surface area contributed by atoms with Crippen LogP contribution in [0.1, 0.15) is 61.8 Å². The zero-order valence-corrected chi connectivity index (χ0v) is 14.9. The number of hydrogen-bond acceptors (Lipinski definition) is 4. The van der Waals surface area contributed by atoms with E-state index in [-0.39, 0.29) is 17.9 Å². The molecule has 126 valence electrons. The van der Waals surface area contributed by atoms with Crippen LogP contribution in [0.25, 0.3) is 0 Å². The van der Waals surface area contributed by atoms with Gasteiger partial charge in [0.1, 0.15) is 5.82 Å². The molecule has 2 aliphatic heterocycles. The highest BCUT2D eigenvalue weighted by Gasteiger charge is 2.39. The van der Waals surface area contributed by atoms with E-state index in [0.717, 1.165) is 25.9 Å². The average molecular weight is 337 g/mol. The minimum Gasteiger partial charge on any atom is -0.333 e. The summed E-state index contributed by atoms with van der Waals surface area (Å²) in [4.78, 5) is 26.1. The number of likely N-dealkylation sites (tertiary alicyclic amines) is 2. The number of carbonyl (C=O) groups excluding carboxylic acids is 1. The van der Waals surface area contributed by atoms with Crippen molar-refractivity contribution in [3.05, 3.63) is 22.7 Å². The van der Waals surface area contributed by atoms with E-state index in [1.165, 1.54) is 12.8 Å². The quantitative estimate of drug-likeness (QED) is 0.851. The van der Waals surface area contributed by atoms with Crippen LogP contribution in [0.15, 0.2) is 6.20 Å². The van der Waals surface area contributed by atoms with E-state index in [0.29, 0.717) is 22.6 Å². The highest BCUT2D eigenvalue weighted by molar-refractivity contribution is 6.33. The molecule has 1 aromatic heterocycles. The summed E-state index contributed by atoms with van der Waals surface area (Å²) in [7, 11) is 2.16. The van der Waals surface area contributed by atoms with Crippen molar-refractivity contribution in [2.24, 2.45) is 0 Å². The van der Waals surface area contributed by atoms with Gasteiger partial charge in [-0.15, -0.1) is 0 Å². The van der Waals surface area contributed by atoms with Gasteiger partial charge >= 0.3 is 0 Å². The zero-order chi connectivity index (χ0) is 16.6.